The summed E-state index contributed by atoms with van der Waals surface area (Å²) in [6.45, 7) is -0.0770. The van der Waals surface area contributed by atoms with Gasteiger partial charge in [0.15, 0.2) is 12.2 Å². The lowest BCUT2D eigenvalue weighted by Gasteiger charge is -2.26. The third-order valence-electron chi connectivity index (χ3n) is 4.66. The monoisotopic (exact) mass is 478 g/mol. The average Bonchev–Trinajstić information content (AvgIpc) is 2.89. The van der Waals surface area contributed by atoms with Crippen LogP contribution in [-0.4, -0.2) is 41.6 Å². The van der Waals surface area contributed by atoms with Crippen LogP contribution in [0, 0.1) is 0 Å². The Kier molecular flexibility index (Phi) is 9.67. The van der Waals surface area contributed by atoms with E-state index in [4.69, 9.17) is 24.5 Å². The maximum absolute atomic E-state index is 12.8. The van der Waals surface area contributed by atoms with Gasteiger partial charge in [0.25, 0.3) is 5.91 Å². The average molecular weight is 479 g/mol. The van der Waals surface area contributed by atoms with Crippen molar-refractivity contribution in [1.29, 1.82) is 0 Å². The summed E-state index contributed by atoms with van der Waals surface area (Å²) >= 11 is 0. The van der Waals surface area contributed by atoms with Crippen LogP contribution in [0.25, 0.3) is 0 Å². The molecule has 3 rings (SSSR count). The van der Waals surface area contributed by atoms with Gasteiger partial charge in [0.1, 0.15) is 18.1 Å². The second kappa shape index (κ2) is 13.4. The topological polar surface area (TPSA) is 126 Å². The minimum atomic E-state index is -1.03. The summed E-state index contributed by atoms with van der Waals surface area (Å²) in [4.78, 5) is 24.5. The fourth-order valence-electron chi connectivity index (χ4n) is 3.13. The molecule has 0 fully saturated rings. The van der Waals surface area contributed by atoms with Gasteiger partial charge in [-0.1, -0.05) is 48.5 Å². The number of amides is 2. The normalized spacial score (nSPS) is 12.4. The number of nitrogens with one attached hydrogen (secondary N) is 2. The van der Waals surface area contributed by atoms with Crippen molar-refractivity contribution in [3.05, 3.63) is 103 Å². The Morgan fingerprint density at radius 1 is 0.914 bits per heavy atom. The number of ether oxygens (including phenoxy) is 3. The molecule has 0 aliphatic carbocycles. The summed E-state index contributed by atoms with van der Waals surface area (Å²) in [5.74, 6) is 0.139. The lowest BCUT2D eigenvalue weighted by Crippen LogP contribution is -2.30. The third-order valence-corrected chi connectivity index (χ3v) is 4.66. The Balaban J connectivity index is 1.95. The SMILES string of the molecule is O=C(/C=C/[C@@H](Oc1ccccc1)[C@H](OC(=O)Nc1ccccc1)c1cccc(OCCO)c1)NO. The number of rotatable bonds is 11. The van der Waals surface area contributed by atoms with Gasteiger partial charge in [0.05, 0.1) is 6.61 Å². The maximum atomic E-state index is 12.8. The first kappa shape index (κ1) is 25.3. The molecule has 3 aromatic rings. The third kappa shape index (κ3) is 8.18. The molecule has 2 atom stereocenters. The van der Waals surface area contributed by atoms with Crippen molar-refractivity contribution in [3.8, 4) is 11.5 Å². The van der Waals surface area contributed by atoms with E-state index < -0.39 is 24.2 Å². The quantitative estimate of drug-likeness (QED) is 0.187. The molecule has 0 spiro atoms. The van der Waals surface area contributed by atoms with Crippen LogP contribution in [0.2, 0.25) is 0 Å². The van der Waals surface area contributed by atoms with E-state index in [1.165, 1.54) is 11.6 Å². The van der Waals surface area contributed by atoms with Crippen LogP contribution in [-0.2, 0) is 9.53 Å². The van der Waals surface area contributed by atoms with Crippen molar-refractivity contribution in [2.45, 2.75) is 12.2 Å². The zero-order valence-electron chi connectivity index (χ0n) is 18.7. The number of aliphatic hydroxyl groups is 1. The predicted molar refractivity (Wildman–Crippen MR) is 128 cm³/mol. The van der Waals surface area contributed by atoms with Crippen molar-refractivity contribution in [2.75, 3.05) is 18.5 Å². The number of anilines is 1. The van der Waals surface area contributed by atoms with E-state index in [1.54, 1.807) is 72.8 Å². The maximum Gasteiger partial charge on any atom is 0.412 e. The van der Waals surface area contributed by atoms with Gasteiger partial charge in [-0.05, 0) is 42.5 Å². The van der Waals surface area contributed by atoms with Crippen LogP contribution in [0.4, 0.5) is 10.5 Å². The molecule has 0 saturated heterocycles. The smallest absolute Gasteiger partial charge is 0.412 e. The van der Waals surface area contributed by atoms with Gasteiger partial charge in [-0.2, -0.15) is 0 Å². The first-order chi connectivity index (χ1) is 17.1. The van der Waals surface area contributed by atoms with E-state index in [1.807, 2.05) is 12.1 Å². The fraction of sp³-hybridized carbons (Fsp3) is 0.154. The van der Waals surface area contributed by atoms with Crippen LogP contribution in [0.15, 0.2) is 97.1 Å². The molecule has 0 radical (unpaired) electrons. The van der Waals surface area contributed by atoms with Crippen molar-refractivity contribution in [2.24, 2.45) is 0 Å². The molecule has 0 saturated carbocycles. The zero-order valence-corrected chi connectivity index (χ0v) is 18.7. The van der Waals surface area contributed by atoms with Crippen molar-refractivity contribution in [3.63, 3.8) is 0 Å². The van der Waals surface area contributed by atoms with Gasteiger partial charge >= 0.3 is 6.09 Å². The molecule has 3 aromatic carbocycles. The number of hydrogen-bond donors (Lipinski definition) is 4. The summed E-state index contributed by atoms with van der Waals surface area (Å²) in [6, 6.07) is 24.4. The van der Waals surface area contributed by atoms with Crippen molar-refractivity contribution < 1.29 is 34.1 Å². The van der Waals surface area contributed by atoms with E-state index in [2.05, 4.69) is 5.32 Å². The number of hydrogen-bond acceptors (Lipinski definition) is 7. The van der Waals surface area contributed by atoms with Gasteiger partial charge in [0, 0.05) is 17.3 Å². The molecular formula is C26H26N2O7. The van der Waals surface area contributed by atoms with Crippen LogP contribution in [0.5, 0.6) is 11.5 Å². The molecule has 0 bridgehead atoms. The number of carbonyl (C=O) groups is 2. The molecule has 0 heterocycles. The first-order valence-electron chi connectivity index (χ1n) is 10.8. The van der Waals surface area contributed by atoms with E-state index in [0.717, 1.165) is 6.08 Å². The number of carbonyl (C=O) groups excluding carboxylic acids is 2. The van der Waals surface area contributed by atoms with Gasteiger partial charge in [-0.3, -0.25) is 15.3 Å². The zero-order chi connectivity index (χ0) is 24.9. The molecule has 4 N–H and O–H groups in total. The van der Waals surface area contributed by atoms with Crippen molar-refractivity contribution >= 4 is 17.7 Å². The van der Waals surface area contributed by atoms with Gasteiger partial charge < -0.3 is 19.3 Å². The lowest BCUT2D eigenvalue weighted by molar-refractivity contribution is -0.124. The Labute approximate surface area is 202 Å². The summed E-state index contributed by atoms with van der Waals surface area (Å²) in [6.07, 6.45) is -0.293. The summed E-state index contributed by atoms with van der Waals surface area (Å²) < 4.78 is 17.3. The summed E-state index contributed by atoms with van der Waals surface area (Å²) in [5.41, 5.74) is 2.57. The Morgan fingerprint density at radius 2 is 1.60 bits per heavy atom. The predicted octanol–water partition coefficient (Wildman–Crippen LogP) is 3.86. The molecule has 9 nitrogen and oxygen atoms in total. The Morgan fingerprint density at radius 3 is 2.29 bits per heavy atom. The summed E-state index contributed by atoms with van der Waals surface area (Å²) in [7, 11) is 0. The number of aliphatic hydroxyl groups excluding tert-OH is 1. The highest BCUT2D eigenvalue weighted by Gasteiger charge is 2.28. The Bertz CT molecular complexity index is 1110. The highest BCUT2D eigenvalue weighted by atomic mass is 16.6. The van der Waals surface area contributed by atoms with Crippen molar-refractivity contribution in [1.82, 2.24) is 5.48 Å². The minimum absolute atomic E-state index is 0.0873. The molecule has 9 heteroatoms. The molecule has 0 aliphatic rings. The molecule has 182 valence electrons. The van der Waals surface area contributed by atoms with Crippen LogP contribution >= 0.6 is 0 Å². The second-order valence-corrected chi connectivity index (χ2v) is 7.19. The molecular weight excluding hydrogens is 452 g/mol. The summed E-state index contributed by atoms with van der Waals surface area (Å²) in [5, 5.41) is 20.6. The van der Waals surface area contributed by atoms with E-state index >= 15 is 0 Å². The van der Waals surface area contributed by atoms with Gasteiger partial charge in [0.2, 0.25) is 0 Å². The highest BCUT2D eigenvalue weighted by Crippen LogP contribution is 2.29. The van der Waals surface area contributed by atoms with Crippen LogP contribution < -0.4 is 20.3 Å². The van der Waals surface area contributed by atoms with Crippen LogP contribution in [0.3, 0.4) is 0 Å². The number of benzene rings is 3. The fourth-order valence-corrected chi connectivity index (χ4v) is 3.13. The lowest BCUT2D eigenvalue weighted by atomic mass is 10.0. The number of hydroxylamine groups is 1. The van der Waals surface area contributed by atoms with E-state index in [9.17, 15) is 9.59 Å². The largest absolute Gasteiger partial charge is 0.491 e. The number of para-hydroxylation sites is 2. The molecule has 0 aromatic heterocycles. The van der Waals surface area contributed by atoms with Crippen LogP contribution in [0.1, 0.15) is 11.7 Å². The molecule has 0 aliphatic heterocycles. The molecule has 2 amide bonds. The molecule has 35 heavy (non-hydrogen) atoms. The highest BCUT2D eigenvalue weighted by molar-refractivity contribution is 5.86. The molecule has 0 unspecified atom stereocenters. The standard InChI is InChI=1S/C26H26N2O7/c29-16-17-33-22-13-7-8-19(18-22)25(35-26(31)27-20-9-3-1-4-10-20)23(14-15-24(30)28-32)34-21-11-5-2-6-12-21/h1-15,18,23,25,29,32H,16-17H2,(H,27,31)(H,28,30)/b15-14+/t23-,25-/m1/s1. The first-order valence-corrected chi connectivity index (χ1v) is 10.8. The van der Waals surface area contributed by atoms with Gasteiger partial charge in [-0.15, -0.1) is 0 Å². The second-order valence-electron chi connectivity index (χ2n) is 7.19. The van der Waals surface area contributed by atoms with Gasteiger partial charge in [-0.25, -0.2) is 10.3 Å². The van der Waals surface area contributed by atoms with E-state index in [0.29, 0.717) is 22.7 Å². The van der Waals surface area contributed by atoms with E-state index in [-0.39, 0.29) is 13.2 Å². The Hall–Kier alpha value is -4.34. The minimum Gasteiger partial charge on any atom is -0.491 e.